The van der Waals surface area contributed by atoms with E-state index in [4.69, 9.17) is 16.6 Å². The van der Waals surface area contributed by atoms with Gasteiger partial charge >= 0.3 is 0 Å². The Hall–Kier alpha value is -1.32. The first-order valence-electron chi connectivity index (χ1n) is 7.56. The number of fused-ring (bicyclic) bond motifs is 1. The highest BCUT2D eigenvalue weighted by molar-refractivity contribution is 6.32. The zero-order valence-electron chi connectivity index (χ0n) is 13.0. The number of rotatable bonds is 1. The van der Waals surface area contributed by atoms with E-state index in [1.165, 1.54) is 17.4 Å². The van der Waals surface area contributed by atoms with Crippen LogP contribution in [0.4, 0.5) is 5.82 Å². The molecule has 0 aliphatic carbocycles. The molecule has 0 spiro atoms. The molecule has 2 heterocycles. The molecule has 0 saturated carbocycles. The first-order chi connectivity index (χ1) is 10.1. The van der Waals surface area contributed by atoms with E-state index in [0.717, 1.165) is 48.1 Å². The predicted molar refractivity (Wildman–Crippen MR) is 90.6 cm³/mol. The number of aromatic nitrogens is 1. The average molecular weight is 304 g/mol. The fourth-order valence-electron chi connectivity index (χ4n) is 2.99. The summed E-state index contributed by atoms with van der Waals surface area (Å²) in [5.41, 5.74) is 3.38. The first kappa shape index (κ1) is 14.6. The number of aryl methyl sites for hydroxylation is 2. The Morgan fingerprint density at radius 3 is 2.71 bits per heavy atom. The van der Waals surface area contributed by atoms with Gasteiger partial charge in [0.05, 0.1) is 5.52 Å². The summed E-state index contributed by atoms with van der Waals surface area (Å²) in [6.07, 6.45) is 1.18. The van der Waals surface area contributed by atoms with Crippen LogP contribution in [-0.4, -0.2) is 43.1 Å². The van der Waals surface area contributed by atoms with Crippen LogP contribution in [0.25, 0.3) is 10.9 Å². The van der Waals surface area contributed by atoms with Crippen LogP contribution in [0.3, 0.4) is 0 Å². The lowest BCUT2D eigenvalue weighted by atomic mass is 10.1. The number of pyridine rings is 1. The van der Waals surface area contributed by atoms with Gasteiger partial charge in [-0.25, -0.2) is 4.98 Å². The fourth-order valence-corrected chi connectivity index (χ4v) is 3.15. The Bertz CT molecular complexity index is 669. The van der Waals surface area contributed by atoms with Crippen molar-refractivity contribution >= 4 is 28.3 Å². The predicted octanol–water partition coefficient (Wildman–Crippen LogP) is 3.65. The smallest absolute Gasteiger partial charge is 0.129 e. The normalized spacial score (nSPS) is 17.2. The van der Waals surface area contributed by atoms with Gasteiger partial charge in [0.1, 0.15) is 5.82 Å². The van der Waals surface area contributed by atoms with Gasteiger partial charge < -0.3 is 9.80 Å². The van der Waals surface area contributed by atoms with Gasteiger partial charge in [-0.2, -0.15) is 0 Å². The highest BCUT2D eigenvalue weighted by Crippen LogP contribution is 2.29. The molecule has 3 rings (SSSR count). The third kappa shape index (κ3) is 2.85. The molecular weight excluding hydrogens is 282 g/mol. The molecule has 1 fully saturated rings. The Morgan fingerprint density at radius 1 is 1.10 bits per heavy atom. The third-order valence-corrected chi connectivity index (χ3v) is 4.81. The van der Waals surface area contributed by atoms with Gasteiger partial charge in [0, 0.05) is 30.0 Å². The third-order valence-electron chi connectivity index (χ3n) is 4.41. The van der Waals surface area contributed by atoms with E-state index in [1.807, 2.05) is 6.07 Å². The van der Waals surface area contributed by atoms with E-state index < -0.39 is 0 Å². The Labute approximate surface area is 131 Å². The second-order valence-electron chi connectivity index (χ2n) is 6.01. The van der Waals surface area contributed by atoms with E-state index in [0.29, 0.717) is 0 Å². The van der Waals surface area contributed by atoms with Crippen molar-refractivity contribution in [2.75, 3.05) is 38.1 Å². The van der Waals surface area contributed by atoms with Crippen molar-refractivity contribution in [3.05, 3.63) is 34.3 Å². The largest absolute Gasteiger partial charge is 0.355 e. The lowest BCUT2D eigenvalue weighted by Crippen LogP contribution is -2.29. The van der Waals surface area contributed by atoms with E-state index >= 15 is 0 Å². The fraction of sp³-hybridized carbons (Fsp3) is 0.471. The molecule has 21 heavy (non-hydrogen) atoms. The van der Waals surface area contributed by atoms with Crippen molar-refractivity contribution in [3.63, 3.8) is 0 Å². The lowest BCUT2D eigenvalue weighted by molar-refractivity contribution is 0.360. The summed E-state index contributed by atoms with van der Waals surface area (Å²) in [6, 6.07) is 6.25. The molecule has 0 unspecified atom stereocenters. The van der Waals surface area contributed by atoms with Gasteiger partial charge in [-0.1, -0.05) is 17.7 Å². The van der Waals surface area contributed by atoms with Gasteiger partial charge in [-0.15, -0.1) is 0 Å². The number of benzene rings is 1. The number of hydrogen-bond donors (Lipinski definition) is 0. The van der Waals surface area contributed by atoms with Crippen LogP contribution >= 0.6 is 11.6 Å². The molecule has 0 atom stereocenters. The number of halogens is 1. The summed E-state index contributed by atoms with van der Waals surface area (Å²) in [4.78, 5) is 9.69. The number of likely N-dealkylation sites (N-methyl/N-ethyl adjacent to an activating group) is 1. The summed E-state index contributed by atoms with van der Waals surface area (Å²) >= 11 is 6.26. The second-order valence-corrected chi connectivity index (χ2v) is 6.42. The van der Waals surface area contributed by atoms with Gasteiger partial charge in [0.25, 0.3) is 0 Å². The number of hydrogen-bond acceptors (Lipinski definition) is 3. The van der Waals surface area contributed by atoms with Gasteiger partial charge in [0.2, 0.25) is 0 Å². The topological polar surface area (TPSA) is 19.4 Å². The number of nitrogens with zero attached hydrogens (tertiary/aromatic N) is 3. The maximum Gasteiger partial charge on any atom is 0.129 e. The maximum absolute atomic E-state index is 6.26. The van der Waals surface area contributed by atoms with Crippen LogP contribution in [0.5, 0.6) is 0 Å². The van der Waals surface area contributed by atoms with E-state index in [2.05, 4.69) is 42.8 Å². The molecule has 1 aromatic heterocycles. The minimum absolute atomic E-state index is 0.794. The molecule has 1 aromatic carbocycles. The lowest BCUT2D eigenvalue weighted by Gasteiger charge is -2.23. The van der Waals surface area contributed by atoms with Gasteiger partial charge in [-0.3, -0.25) is 0 Å². The van der Waals surface area contributed by atoms with Crippen LogP contribution in [0.15, 0.2) is 18.2 Å². The molecule has 0 amide bonds. The average Bonchev–Trinajstić information content (AvgIpc) is 2.68. The summed E-state index contributed by atoms with van der Waals surface area (Å²) in [6.45, 7) is 8.57. The first-order valence-corrected chi connectivity index (χ1v) is 7.94. The van der Waals surface area contributed by atoms with Crippen molar-refractivity contribution in [1.82, 2.24) is 9.88 Å². The van der Waals surface area contributed by atoms with Crippen molar-refractivity contribution in [2.45, 2.75) is 20.3 Å². The van der Waals surface area contributed by atoms with Gasteiger partial charge in [0.15, 0.2) is 0 Å². The highest BCUT2D eigenvalue weighted by Gasteiger charge is 2.16. The van der Waals surface area contributed by atoms with Crippen LogP contribution in [0.2, 0.25) is 5.02 Å². The van der Waals surface area contributed by atoms with Crippen molar-refractivity contribution in [2.24, 2.45) is 0 Å². The van der Waals surface area contributed by atoms with Crippen LogP contribution in [0.1, 0.15) is 17.5 Å². The highest BCUT2D eigenvalue weighted by atomic mass is 35.5. The van der Waals surface area contributed by atoms with Crippen molar-refractivity contribution in [3.8, 4) is 0 Å². The van der Waals surface area contributed by atoms with E-state index in [1.54, 1.807) is 0 Å². The Kier molecular flexibility index (Phi) is 4.05. The van der Waals surface area contributed by atoms with Crippen LogP contribution in [-0.2, 0) is 0 Å². The zero-order valence-corrected chi connectivity index (χ0v) is 13.7. The Balaban J connectivity index is 2.05. The quantitative estimate of drug-likeness (QED) is 0.801. The minimum atomic E-state index is 0.794. The molecule has 1 aliphatic rings. The maximum atomic E-state index is 6.26. The Morgan fingerprint density at radius 2 is 1.90 bits per heavy atom. The van der Waals surface area contributed by atoms with Gasteiger partial charge in [-0.05, 0) is 57.1 Å². The molecule has 112 valence electrons. The SMILES string of the molecule is Cc1cc(N2CCCN(C)CC2)nc2c(C)c(Cl)ccc12. The van der Waals surface area contributed by atoms with E-state index in [-0.39, 0.29) is 0 Å². The molecule has 0 radical (unpaired) electrons. The molecule has 1 saturated heterocycles. The van der Waals surface area contributed by atoms with Crippen LogP contribution in [0, 0.1) is 13.8 Å². The molecule has 3 nitrogen and oxygen atoms in total. The summed E-state index contributed by atoms with van der Waals surface area (Å²) in [5, 5.41) is 2.00. The zero-order chi connectivity index (χ0) is 15.0. The molecule has 2 aromatic rings. The second kappa shape index (κ2) is 5.82. The molecule has 4 heteroatoms. The van der Waals surface area contributed by atoms with Crippen molar-refractivity contribution in [1.29, 1.82) is 0 Å². The molecular formula is C17H22ClN3. The van der Waals surface area contributed by atoms with Crippen molar-refractivity contribution < 1.29 is 0 Å². The molecule has 0 bridgehead atoms. The molecule has 1 aliphatic heterocycles. The number of anilines is 1. The standard InChI is InChI=1S/C17H22ClN3/c1-12-11-16(21-8-4-7-20(3)9-10-21)19-17-13(2)15(18)6-5-14(12)17/h5-6,11H,4,7-10H2,1-3H3. The summed E-state index contributed by atoms with van der Waals surface area (Å²) in [5.74, 6) is 1.08. The summed E-state index contributed by atoms with van der Waals surface area (Å²) in [7, 11) is 2.19. The molecule has 0 N–H and O–H groups in total. The van der Waals surface area contributed by atoms with Crippen LogP contribution < -0.4 is 4.90 Å². The summed E-state index contributed by atoms with van der Waals surface area (Å²) < 4.78 is 0. The minimum Gasteiger partial charge on any atom is -0.355 e. The van der Waals surface area contributed by atoms with E-state index in [9.17, 15) is 0 Å². The monoisotopic (exact) mass is 303 g/mol.